The monoisotopic (exact) mass is 285 g/mol. The van der Waals surface area contributed by atoms with Gasteiger partial charge in [-0.05, 0) is 12.0 Å². The Balaban J connectivity index is 2.05. The van der Waals surface area contributed by atoms with Crippen molar-refractivity contribution >= 4 is 17.6 Å². The number of halogens is 2. The minimum absolute atomic E-state index is 0.132. The van der Waals surface area contributed by atoms with E-state index >= 15 is 0 Å². The van der Waals surface area contributed by atoms with E-state index in [9.17, 15) is 9.18 Å². The molecular weight excluding hydrogens is 269 g/mol. The van der Waals surface area contributed by atoms with E-state index in [0.29, 0.717) is 18.7 Å². The molecule has 3 nitrogen and oxygen atoms in total. The van der Waals surface area contributed by atoms with Crippen LogP contribution in [0.25, 0.3) is 0 Å². The lowest BCUT2D eigenvalue weighted by Gasteiger charge is -2.16. The van der Waals surface area contributed by atoms with Crippen molar-refractivity contribution in [1.29, 1.82) is 0 Å². The second kappa shape index (κ2) is 5.88. The Hall–Kier alpha value is -1.13. The van der Waals surface area contributed by atoms with E-state index in [1.54, 1.807) is 12.1 Å². The second-order valence-electron chi connectivity index (χ2n) is 5.01. The number of benzene rings is 1. The Labute approximate surface area is 117 Å². The van der Waals surface area contributed by atoms with Crippen molar-refractivity contribution in [1.82, 2.24) is 4.90 Å². The molecular formula is C14H17ClFNO2. The summed E-state index contributed by atoms with van der Waals surface area (Å²) in [7, 11) is 1.40. The van der Waals surface area contributed by atoms with E-state index < -0.39 is 0 Å². The summed E-state index contributed by atoms with van der Waals surface area (Å²) in [6, 6.07) is 4.99. The number of rotatable bonds is 3. The fraction of sp³-hybridized carbons (Fsp3) is 0.500. The highest BCUT2D eigenvalue weighted by Gasteiger charge is 2.35. The van der Waals surface area contributed by atoms with Gasteiger partial charge in [-0.25, -0.2) is 4.39 Å². The number of likely N-dealkylation sites (tertiary alicyclic amines) is 1. The van der Waals surface area contributed by atoms with Gasteiger partial charge in [0.2, 0.25) is 0 Å². The minimum Gasteiger partial charge on any atom is -0.469 e. The number of carbonyl (C=O) groups excluding carboxylic acids is 1. The zero-order valence-corrected chi connectivity index (χ0v) is 11.8. The molecule has 1 heterocycles. The maximum Gasteiger partial charge on any atom is 0.310 e. The average molecular weight is 286 g/mol. The maximum atomic E-state index is 13.8. The number of methoxy groups -OCH3 is 1. The van der Waals surface area contributed by atoms with E-state index in [1.165, 1.54) is 13.2 Å². The number of nitrogens with zero attached hydrogens (tertiary/aromatic N) is 1. The summed E-state index contributed by atoms with van der Waals surface area (Å²) < 4.78 is 18.6. The number of hydrogen-bond donors (Lipinski definition) is 0. The molecule has 1 saturated heterocycles. The van der Waals surface area contributed by atoms with Crippen molar-refractivity contribution in [3.63, 3.8) is 0 Å². The maximum absolute atomic E-state index is 13.8. The molecule has 2 atom stereocenters. The van der Waals surface area contributed by atoms with Crippen LogP contribution < -0.4 is 0 Å². The molecule has 1 aliphatic heterocycles. The van der Waals surface area contributed by atoms with E-state index in [-0.39, 0.29) is 28.6 Å². The molecule has 0 N–H and O–H groups in total. The molecule has 0 aliphatic carbocycles. The molecule has 0 aromatic heterocycles. The molecule has 1 aromatic carbocycles. The third-order valence-corrected chi connectivity index (χ3v) is 3.91. The highest BCUT2D eigenvalue weighted by molar-refractivity contribution is 6.30. The van der Waals surface area contributed by atoms with Crippen LogP contribution in [0.15, 0.2) is 18.2 Å². The largest absolute Gasteiger partial charge is 0.469 e. The van der Waals surface area contributed by atoms with Gasteiger partial charge < -0.3 is 4.74 Å². The van der Waals surface area contributed by atoms with Gasteiger partial charge in [0.1, 0.15) is 5.82 Å². The molecule has 0 bridgehead atoms. The molecule has 1 aromatic rings. The van der Waals surface area contributed by atoms with Crippen LogP contribution in [0, 0.1) is 17.7 Å². The quantitative estimate of drug-likeness (QED) is 0.800. The van der Waals surface area contributed by atoms with Crippen molar-refractivity contribution in [2.24, 2.45) is 11.8 Å². The van der Waals surface area contributed by atoms with Crippen LogP contribution in [0.1, 0.15) is 12.5 Å². The third kappa shape index (κ3) is 3.07. The summed E-state index contributed by atoms with van der Waals surface area (Å²) >= 11 is 5.76. The predicted octanol–water partition coefficient (Wildman–Crippen LogP) is 2.72. The van der Waals surface area contributed by atoms with Gasteiger partial charge in [-0.1, -0.05) is 30.7 Å². The van der Waals surface area contributed by atoms with Gasteiger partial charge in [0.15, 0.2) is 0 Å². The second-order valence-corrected chi connectivity index (χ2v) is 5.42. The summed E-state index contributed by atoms with van der Waals surface area (Å²) in [5.74, 6) is -0.484. The summed E-state index contributed by atoms with van der Waals surface area (Å²) in [5.41, 5.74) is 0.560. The Bertz CT molecular complexity index is 481. The first-order chi connectivity index (χ1) is 9.02. The van der Waals surface area contributed by atoms with E-state index in [4.69, 9.17) is 16.3 Å². The highest BCUT2D eigenvalue weighted by Crippen LogP contribution is 2.27. The summed E-state index contributed by atoms with van der Waals surface area (Å²) in [4.78, 5) is 13.7. The van der Waals surface area contributed by atoms with Gasteiger partial charge in [-0.2, -0.15) is 0 Å². The van der Waals surface area contributed by atoms with Crippen molar-refractivity contribution < 1.29 is 13.9 Å². The lowest BCUT2D eigenvalue weighted by atomic mass is 9.99. The molecule has 2 rings (SSSR count). The summed E-state index contributed by atoms with van der Waals surface area (Å²) in [6.45, 7) is 3.83. The van der Waals surface area contributed by atoms with Gasteiger partial charge >= 0.3 is 5.97 Å². The molecule has 1 fully saturated rings. The lowest BCUT2D eigenvalue weighted by molar-refractivity contribution is -0.146. The normalized spacial score (nSPS) is 23.6. The fourth-order valence-electron chi connectivity index (χ4n) is 2.57. The number of esters is 1. The number of carbonyl (C=O) groups is 1. The molecule has 0 radical (unpaired) electrons. The highest BCUT2D eigenvalue weighted by atomic mass is 35.5. The van der Waals surface area contributed by atoms with Crippen LogP contribution in [-0.2, 0) is 16.1 Å². The molecule has 0 spiro atoms. The predicted molar refractivity (Wildman–Crippen MR) is 71.4 cm³/mol. The van der Waals surface area contributed by atoms with Crippen LogP contribution in [-0.4, -0.2) is 31.1 Å². The Morgan fingerprint density at radius 1 is 1.53 bits per heavy atom. The van der Waals surface area contributed by atoms with Gasteiger partial charge in [-0.3, -0.25) is 9.69 Å². The average Bonchev–Trinajstić information content (AvgIpc) is 2.75. The van der Waals surface area contributed by atoms with Crippen LogP contribution in [0.2, 0.25) is 5.02 Å². The van der Waals surface area contributed by atoms with Crippen molar-refractivity contribution in [3.05, 3.63) is 34.6 Å². The van der Waals surface area contributed by atoms with E-state index in [0.717, 1.165) is 6.54 Å². The molecule has 2 unspecified atom stereocenters. The van der Waals surface area contributed by atoms with Gasteiger partial charge in [0, 0.05) is 25.2 Å². The fourth-order valence-corrected chi connectivity index (χ4v) is 2.76. The third-order valence-electron chi connectivity index (χ3n) is 3.62. The lowest BCUT2D eigenvalue weighted by Crippen LogP contribution is -2.24. The topological polar surface area (TPSA) is 29.5 Å². The van der Waals surface area contributed by atoms with Crippen molar-refractivity contribution in [2.75, 3.05) is 20.2 Å². The van der Waals surface area contributed by atoms with E-state index in [1.807, 2.05) is 6.92 Å². The smallest absolute Gasteiger partial charge is 0.310 e. The first-order valence-electron chi connectivity index (χ1n) is 6.26. The van der Waals surface area contributed by atoms with Crippen LogP contribution in [0.4, 0.5) is 4.39 Å². The number of hydrogen-bond acceptors (Lipinski definition) is 3. The first kappa shape index (κ1) is 14.3. The zero-order valence-electron chi connectivity index (χ0n) is 11.0. The molecule has 5 heteroatoms. The standard InChI is InChI=1S/C14H17ClFNO2/c1-9-6-17(8-11(9)14(18)19-2)7-10-4-3-5-12(15)13(10)16/h3-5,9,11H,6-8H2,1-2H3. The van der Waals surface area contributed by atoms with Gasteiger partial charge in [0.25, 0.3) is 0 Å². The van der Waals surface area contributed by atoms with Crippen LogP contribution >= 0.6 is 11.6 Å². The summed E-state index contributed by atoms with van der Waals surface area (Å²) in [6.07, 6.45) is 0. The zero-order chi connectivity index (χ0) is 14.0. The Morgan fingerprint density at radius 2 is 2.26 bits per heavy atom. The van der Waals surface area contributed by atoms with Crippen molar-refractivity contribution in [3.8, 4) is 0 Å². The number of ether oxygens (including phenoxy) is 1. The minimum atomic E-state index is -0.377. The molecule has 1 aliphatic rings. The Kier molecular flexibility index (Phi) is 4.42. The molecule has 19 heavy (non-hydrogen) atoms. The van der Waals surface area contributed by atoms with Crippen molar-refractivity contribution in [2.45, 2.75) is 13.5 Å². The first-order valence-corrected chi connectivity index (χ1v) is 6.63. The molecule has 0 saturated carbocycles. The van der Waals surface area contributed by atoms with Crippen LogP contribution in [0.3, 0.4) is 0 Å². The summed E-state index contributed by atoms with van der Waals surface area (Å²) in [5, 5.41) is 0.134. The van der Waals surface area contributed by atoms with Gasteiger partial charge in [0.05, 0.1) is 18.1 Å². The van der Waals surface area contributed by atoms with Crippen LogP contribution in [0.5, 0.6) is 0 Å². The Morgan fingerprint density at radius 3 is 2.95 bits per heavy atom. The van der Waals surface area contributed by atoms with Gasteiger partial charge in [-0.15, -0.1) is 0 Å². The molecule has 0 amide bonds. The molecule has 104 valence electrons. The SMILES string of the molecule is COC(=O)C1CN(Cc2cccc(Cl)c2F)CC1C. The van der Waals surface area contributed by atoms with E-state index in [2.05, 4.69) is 4.90 Å².